The molecule has 0 aromatic heterocycles. The van der Waals surface area contributed by atoms with Crippen molar-refractivity contribution < 1.29 is 0 Å². The fraction of sp³-hybridized carbons (Fsp3) is 0.500. The van der Waals surface area contributed by atoms with E-state index in [2.05, 4.69) is 17.4 Å². The molecule has 2 aliphatic carbocycles. The Morgan fingerprint density at radius 3 is 2.35 bits per heavy atom. The molecule has 120 valence electrons. The molecule has 1 N–H and O–H groups in total. The summed E-state index contributed by atoms with van der Waals surface area (Å²) in [6.07, 6.45) is 10.6. The number of fused-ring (bicyclic) bond motifs is 1. The molecule has 0 amide bonds. The average Bonchev–Trinajstić information content (AvgIpc) is 2.61. The fourth-order valence-electron chi connectivity index (χ4n) is 4.14. The number of hydrogen-bond acceptors (Lipinski definition) is 3. The molecule has 1 saturated carbocycles. The molecule has 0 bridgehead atoms. The lowest BCUT2D eigenvalue weighted by atomic mass is 9.87. The summed E-state index contributed by atoms with van der Waals surface area (Å²) in [7, 11) is 0. The van der Waals surface area contributed by atoms with Gasteiger partial charge in [-0.2, -0.15) is 0 Å². The van der Waals surface area contributed by atoms with Crippen LogP contribution in [0.2, 0.25) is 0 Å². The first kappa shape index (κ1) is 14.7. The number of rotatable bonds is 3. The van der Waals surface area contributed by atoms with Crippen molar-refractivity contribution in [3.63, 3.8) is 0 Å². The maximum absolute atomic E-state index is 12.1. The maximum atomic E-state index is 12.1. The van der Waals surface area contributed by atoms with Gasteiger partial charge in [0.15, 0.2) is 0 Å². The lowest BCUT2D eigenvalue weighted by Crippen LogP contribution is -2.39. The van der Waals surface area contributed by atoms with Gasteiger partial charge in [0.2, 0.25) is 10.9 Å². The highest BCUT2D eigenvalue weighted by atomic mass is 16.2. The van der Waals surface area contributed by atoms with E-state index in [1.807, 2.05) is 6.07 Å². The van der Waals surface area contributed by atoms with Gasteiger partial charge in [0.05, 0.1) is 11.3 Å². The highest BCUT2D eigenvalue weighted by Gasteiger charge is 2.25. The van der Waals surface area contributed by atoms with Gasteiger partial charge >= 0.3 is 0 Å². The summed E-state index contributed by atoms with van der Waals surface area (Å²) >= 11 is 0. The van der Waals surface area contributed by atoms with Crippen LogP contribution in [0.5, 0.6) is 0 Å². The zero-order valence-corrected chi connectivity index (χ0v) is 13.5. The Balaban J connectivity index is 1.65. The van der Waals surface area contributed by atoms with E-state index in [-0.39, 0.29) is 10.9 Å². The topological polar surface area (TPSA) is 46.2 Å². The van der Waals surface area contributed by atoms with Crippen LogP contribution in [0.1, 0.15) is 56.1 Å². The standard InChI is InChI=1S/C20H23NO2/c22-19-17(15-11-10-13-6-4-5-7-14(13)12-15)18(20(19)23)21-16-8-2-1-3-9-16/h10-12,16,21H,1-9H2. The summed E-state index contributed by atoms with van der Waals surface area (Å²) in [5, 5.41) is 3.37. The van der Waals surface area contributed by atoms with Crippen molar-refractivity contribution in [1.29, 1.82) is 0 Å². The van der Waals surface area contributed by atoms with E-state index in [0.717, 1.165) is 31.2 Å². The number of benzene rings is 1. The van der Waals surface area contributed by atoms with Crippen molar-refractivity contribution >= 4 is 5.69 Å². The van der Waals surface area contributed by atoms with Gasteiger partial charge in [-0.15, -0.1) is 0 Å². The second kappa shape index (κ2) is 5.95. The average molecular weight is 309 g/mol. The Bertz CT molecular complexity index is 792. The SMILES string of the molecule is O=c1c(NC2CCCCC2)c(-c2ccc3c(c2)CCCC3)c1=O. The van der Waals surface area contributed by atoms with Crippen molar-refractivity contribution in [2.24, 2.45) is 0 Å². The van der Waals surface area contributed by atoms with Crippen LogP contribution >= 0.6 is 0 Å². The molecule has 3 heteroatoms. The second-order valence-corrected chi connectivity index (χ2v) is 7.08. The van der Waals surface area contributed by atoms with Gasteiger partial charge in [-0.25, -0.2) is 0 Å². The number of hydrogen-bond donors (Lipinski definition) is 1. The van der Waals surface area contributed by atoms with E-state index in [1.54, 1.807) is 0 Å². The Labute approximate surface area is 136 Å². The summed E-state index contributed by atoms with van der Waals surface area (Å²) in [4.78, 5) is 24.2. The molecule has 3 nitrogen and oxygen atoms in total. The summed E-state index contributed by atoms with van der Waals surface area (Å²) < 4.78 is 0. The molecule has 2 aromatic rings. The van der Waals surface area contributed by atoms with Crippen LogP contribution in [0, 0.1) is 0 Å². The smallest absolute Gasteiger partial charge is 0.250 e. The molecule has 2 aliphatic rings. The highest BCUT2D eigenvalue weighted by molar-refractivity contribution is 5.82. The third-order valence-electron chi connectivity index (χ3n) is 5.50. The molecule has 2 aromatic carbocycles. The van der Waals surface area contributed by atoms with Crippen molar-refractivity contribution in [3.8, 4) is 11.1 Å². The molecule has 0 heterocycles. The van der Waals surface area contributed by atoms with Crippen LogP contribution in [0.15, 0.2) is 27.8 Å². The van der Waals surface area contributed by atoms with Gasteiger partial charge in [-0.1, -0.05) is 37.5 Å². The number of aryl methyl sites for hydroxylation is 2. The van der Waals surface area contributed by atoms with Crippen LogP contribution in [-0.4, -0.2) is 6.04 Å². The molecule has 23 heavy (non-hydrogen) atoms. The third kappa shape index (κ3) is 2.62. The lowest BCUT2D eigenvalue weighted by Gasteiger charge is -2.26. The largest absolute Gasteiger partial charge is 0.378 e. The molecule has 0 atom stereocenters. The predicted molar refractivity (Wildman–Crippen MR) is 93.9 cm³/mol. The molecular weight excluding hydrogens is 286 g/mol. The molecule has 0 aliphatic heterocycles. The van der Waals surface area contributed by atoms with E-state index in [1.165, 1.54) is 43.2 Å². The summed E-state index contributed by atoms with van der Waals surface area (Å²) in [5.74, 6) is 0. The van der Waals surface area contributed by atoms with E-state index < -0.39 is 0 Å². The van der Waals surface area contributed by atoms with Gasteiger partial charge in [-0.05, 0) is 55.2 Å². The van der Waals surface area contributed by atoms with Crippen LogP contribution in [0.4, 0.5) is 5.69 Å². The first-order valence-corrected chi connectivity index (χ1v) is 8.96. The minimum absolute atomic E-state index is 0.320. The van der Waals surface area contributed by atoms with E-state index >= 15 is 0 Å². The summed E-state index contributed by atoms with van der Waals surface area (Å²) in [5.41, 5.74) is 4.22. The maximum Gasteiger partial charge on any atom is 0.250 e. The lowest BCUT2D eigenvalue weighted by molar-refractivity contribution is 0.462. The minimum Gasteiger partial charge on any atom is -0.378 e. The molecule has 4 rings (SSSR count). The van der Waals surface area contributed by atoms with Crippen molar-refractivity contribution in [1.82, 2.24) is 0 Å². The quantitative estimate of drug-likeness (QED) is 0.882. The van der Waals surface area contributed by atoms with Gasteiger partial charge in [0.1, 0.15) is 0 Å². The van der Waals surface area contributed by atoms with Crippen molar-refractivity contribution in [2.45, 2.75) is 63.8 Å². The number of nitrogens with one attached hydrogen (secondary N) is 1. The van der Waals surface area contributed by atoms with Gasteiger partial charge in [0.25, 0.3) is 0 Å². The second-order valence-electron chi connectivity index (χ2n) is 7.08. The van der Waals surface area contributed by atoms with E-state index in [9.17, 15) is 9.59 Å². The zero-order valence-electron chi connectivity index (χ0n) is 13.5. The van der Waals surface area contributed by atoms with Crippen LogP contribution in [0.25, 0.3) is 11.1 Å². The number of anilines is 1. The summed E-state index contributed by atoms with van der Waals surface area (Å²) in [6.45, 7) is 0. The molecule has 0 saturated heterocycles. The van der Waals surface area contributed by atoms with Crippen molar-refractivity contribution in [2.75, 3.05) is 5.32 Å². The molecule has 0 spiro atoms. The van der Waals surface area contributed by atoms with Crippen LogP contribution in [-0.2, 0) is 12.8 Å². The van der Waals surface area contributed by atoms with Crippen LogP contribution < -0.4 is 16.2 Å². The monoisotopic (exact) mass is 309 g/mol. The molecular formula is C20H23NO2. The Kier molecular flexibility index (Phi) is 3.80. The Hall–Kier alpha value is -1.90. The van der Waals surface area contributed by atoms with Crippen molar-refractivity contribution in [3.05, 3.63) is 49.8 Å². The van der Waals surface area contributed by atoms with Gasteiger partial charge in [0, 0.05) is 6.04 Å². The minimum atomic E-state index is -0.330. The van der Waals surface area contributed by atoms with Gasteiger partial charge in [-0.3, -0.25) is 9.59 Å². The highest BCUT2D eigenvalue weighted by Crippen LogP contribution is 2.31. The first-order valence-electron chi connectivity index (χ1n) is 8.96. The normalized spacial score (nSPS) is 18.8. The zero-order chi connectivity index (χ0) is 15.8. The predicted octanol–water partition coefficient (Wildman–Crippen LogP) is 3.57. The Morgan fingerprint density at radius 2 is 1.57 bits per heavy atom. The molecule has 0 radical (unpaired) electrons. The third-order valence-corrected chi connectivity index (χ3v) is 5.50. The fourth-order valence-corrected chi connectivity index (χ4v) is 4.14. The Morgan fingerprint density at radius 1 is 0.826 bits per heavy atom. The van der Waals surface area contributed by atoms with Gasteiger partial charge < -0.3 is 5.32 Å². The van der Waals surface area contributed by atoms with E-state index in [0.29, 0.717) is 17.3 Å². The van der Waals surface area contributed by atoms with Crippen LogP contribution in [0.3, 0.4) is 0 Å². The molecule has 1 fully saturated rings. The first-order chi connectivity index (χ1) is 11.2. The molecule has 0 unspecified atom stereocenters. The van der Waals surface area contributed by atoms with E-state index in [4.69, 9.17) is 0 Å². The summed E-state index contributed by atoms with van der Waals surface area (Å²) in [6, 6.07) is 6.65.